The largest absolute Gasteiger partial charge is 0.350 e. The molecule has 0 bridgehead atoms. The van der Waals surface area contributed by atoms with E-state index in [9.17, 15) is 9.59 Å². The second kappa shape index (κ2) is 6.75. The Balaban J connectivity index is 1.86. The van der Waals surface area contributed by atoms with Gasteiger partial charge in [0.05, 0.1) is 0 Å². The van der Waals surface area contributed by atoms with Gasteiger partial charge in [-0.15, -0.1) is 11.6 Å². The summed E-state index contributed by atoms with van der Waals surface area (Å²) >= 11 is 6.15. The summed E-state index contributed by atoms with van der Waals surface area (Å²) in [6.07, 6.45) is 1.52. The van der Waals surface area contributed by atoms with E-state index in [1.165, 1.54) is 0 Å². The second-order valence-corrected chi connectivity index (χ2v) is 5.56. The van der Waals surface area contributed by atoms with Gasteiger partial charge in [-0.2, -0.15) is 0 Å². The number of amides is 2. The highest BCUT2D eigenvalue weighted by atomic mass is 35.5. The molecule has 1 fully saturated rings. The van der Waals surface area contributed by atoms with Gasteiger partial charge in [0.1, 0.15) is 5.38 Å². The number of halogens is 1. The van der Waals surface area contributed by atoms with Crippen LogP contribution in [0.15, 0.2) is 30.3 Å². The first kappa shape index (κ1) is 14.9. The van der Waals surface area contributed by atoms with Crippen molar-refractivity contribution in [2.24, 2.45) is 0 Å². The number of benzene rings is 1. The van der Waals surface area contributed by atoms with Crippen LogP contribution in [-0.2, 0) is 9.59 Å². The number of likely N-dealkylation sites (tertiary alicyclic amines) is 1. The van der Waals surface area contributed by atoms with Crippen LogP contribution in [0, 0.1) is 0 Å². The molecule has 1 aliphatic heterocycles. The highest BCUT2D eigenvalue weighted by Gasteiger charge is 2.24. The molecular formula is C15H19ClN2O2. The number of hydrogen-bond donors (Lipinski definition) is 1. The predicted octanol–water partition coefficient (Wildman–Crippen LogP) is 2.09. The molecule has 0 radical (unpaired) electrons. The molecule has 1 N–H and O–H groups in total. The number of nitrogens with zero attached hydrogens (tertiary/aromatic N) is 1. The molecule has 108 valence electrons. The van der Waals surface area contributed by atoms with Crippen LogP contribution < -0.4 is 5.32 Å². The molecule has 2 rings (SSSR count). The maximum absolute atomic E-state index is 12.1. The molecular weight excluding hydrogens is 276 g/mol. The summed E-state index contributed by atoms with van der Waals surface area (Å²) in [6.45, 7) is 3.21. The Morgan fingerprint density at radius 3 is 2.70 bits per heavy atom. The first-order valence-corrected chi connectivity index (χ1v) is 7.28. The highest BCUT2D eigenvalue weighted by Crippen LogP contribution is 2.20. The lowest BCUT2D eigenvalue weighted by Crippen LogP contribution is -2.43. The molecule has 2 unspecified atom stereocenters. The number of hydrogen-bond acceptors (Lipinski definition) is 2. The van der Waals surface area contributed by atoms with E-state index in [-0.39, 0.29) is 17.9 Å². The smallest absolute Gasteiger partial charge is 0.242 e. The number of carbonyl (C=O) groups excluding carboxylic acids is 2. The van der Waals surface area contributed by atoms with Gasteiger partial charge >= 0.3 is 0 Å². The predicted molar refractivity (Wildman–Crippen MR) is 78.5 cm³/mol. The van der Waals surface area contributed by atoms with Crippen molar-refractivity contribution >= 4 is 23.4 Å². The Labute approximate surface area is 124 Å². The quantitative estimate of drug-likeness (QED) is 0.846. The third kappa shape index (κ3) is 3.73. The first-order chi connectivity index (χ1) is 9.58. The maximum Gasteiger partial charge on any atom is 0.242 e. The molecule has 1 saturated heterocycles. The lowest BCUT2D eigenvalue weighted by atomic mass is 10.1. The fourth-order valence-corrected chi connectivity index (χ4v) is 2.57. The van der Waals surface area contributed by atoms with E-state index in [1.54, 1.807) is 4.90 Å². The maximum atomic E-state index is 12.1. The molecule has 2 atom stereocenters. The van der Waals surface area contributed by atoms with Crippen molar-refractivity contribution in [2.75, 3.05) is 13.1 Å². The minimum Gasteiger partial charge on any atom is -0.350 e. The Morgan fingerprint density at radius 2 is 2.10 bits per heavy atom. The summed E-state index contributed by atoms with van der Waals surface area (Å²) in [5.41, 5.74) is 0.774. The molecule has 0 aromatic heterocycles. The van der Waals surface area contributed by atoms with Crippen LogP contribution in [0.3, 0.4) is 0 Å². The van der Waals surface area contributed by atoms with Gasteiger partial charge in [-0.25, -0.2) is 0 Å². The van der Waals surface area contributed by atoms with Gasteiger partial charge in [-0.05, 0) is 18.9 Å². The molecule has 1 aromatic rings. The van der Waals surface area contributed by atoms with Crippen molar-refractivity contribution in [2.45, 2.75) is 31.2 Å². The standard InChI is InChI=1S/C15H19ClN2O2/c1-11(10-18-9-5-8-13(18)19)17-15(20)14(16)12-6-3-2-4-7-12/h2-4,6-7,11,14H,5,8-10H2,1H3,(H,17,20). The van der Waals surface area contributed by atoms with Crippen LogP contribution >= 0.6 is 11.6 Å². The van der Waals surface area contributed by atoms with Crippen LogP contribution in [0.4, 0.5) is 0 Å². The lowest BCUT2D eigenvalue weighted by Gasteiger charge is -2.22. The van der Waals surface area contributed by atoms with Crippen molar-refractivity contribution in [1.29, 1.82) is 0 Å². The summed E-state index contributed by atoms with van der Waals surface area (Å²) in [5.74, 6) is -0.0615. The van der Waals surface area contributed by atoms with E-state index in [4.69, 9.17) is 11.6 Å². The van der Waals surface area contributed by atoms with Crippen molar-refractivity contribution in [3.05, 3.63) is 35.9 Å². The summed E-state index contributed by atoms with van der Waals surface area (Å²) in [5, 5.41) is 2.16. The fourth-order valence-electron chi connectivity index (χ4n) is 2.36. The molecule has 1 aromatic carbocycles. The Kier molecular flexibility index (Phi) is 5.01. The van der Waals surface area contributed by atoms with Crippen molar-refractivity contribution in [1.82, 2.24) is 10.2 Å². The van der Waals surface area contributed by atoms with Gasteiger partial charge in [-0.1, -0.05) is 30.3 Å². The lowest BCUT2D eigenvalue weighted by molar-refractivity contribution is -0.129. The van der Waals surface area contributed by atoms with Gasteiger partial charge in [-0.3, -0.25) is 9.59 Å². The molecule has 4 nitrogen and oxygen atoms in total. The van der Waals surface area contributed by atoms with E-state index >= 15 is 0 Å². The average Bonchev–Trinajstić information content (AvgIpc) is 2.84. The third-order valence-corrected chi connectivity index (χ3v) is 3.83. The third-order valence-electron chi connectivity index (χ3n) is 3.38. The molecule has 0 saturated carbocycles. The summed E-state index contributed by atoms with van der Waals surface area (Å²) in [7, 11) is 0. The molecule has 1 aliphatic rings. The molecule has 5 heteroatoms. The number of nitrogens with one attached hydrogen (secondary N) is 1. The zero-order valence-electron chi connectivity index (χ0n) is 11.5. The molecule has 20 heavy (non-hydrogen) atoms. The summed E-state index contributed by atoms with van der Waals surface area (Å²) < 4.78 is 0. The minimum absolute atomic E-state index is 0.102. The van der Waals surface area contributed by atoms with Gasteiger partial charge in [0.25, 0.3) is 0 Å². The number of alkyl halides is 1. The van der Waals surface area contributed by atoms with Gasteiger partial charge < -0.3 is 10.2 Å². The monoisotopic (exact) mass is 294 g/mol. The number of carbonyl (C=O) groups is 2. The SMILES string of the molecule is CC(CN1CCCC1=O)NC(=O)C(Cl)c1ccccc1. The summed E-state index contributed by atoms with van der Waals surface area (Å²) in [6, 6.07) is 9.13. The van der Waals surface area contributed by atoms with Crippen LogP contribution in [0.2, 0.25) is 0 Å². The average molecular weight is 295 g/mol. The van der Waals surface area contributed by atoms with E-state index < -0.39 is 5.38 Å². The second-order valence-electron chi connectivity index (χ2n) is 5.13. The van der Waals surface area contributed by atoms with Crippen molar-refractivity contribution in [3.8, 4) is 0 Å². The zero-order chi connectivity index (χ0) is 14.5. The Hall–Kier alpha value is -1.55. The van der Waals surface area contributed by atoms with Crippen molar-refractivity contribution in [3.63, 3.8) is 0 Å². The van der Waals surface area contributed by atoms with Gasteiger partial charge in [0.15, 0.2) is 0 Å². The van der Waals surface area contributed by atoms with E-state index in [0.29, 0.717) is 13.0 Å². The topological polar surface area (TPSA) is 49.4 Å². The van der Waals surface area contributed by atoms with Crippen LogP contribution in [0.5, 0.6) is 0 Å². The molecule has 0 spiro atoms. The van der Waals surface area contributed by atoms with Crippen LogP contribution in [0.25, 0.3) is 0 Å². The van der Waals surface area contributed by atoms with Gasteiger partial charge in [0, 0.05) is 25.6 Å². The molecule has 2 amide bonds. The zero-order valence-corrected chi connectivity index (χ0v) is 12.3. The first-order valence-electron chi connectivity index (χ1n) is 6.85. The van der Waals surface area contributed by atoms with Crippen LogP contribution in [-0.4, -0.2) is 35.8 Å². The summed E-state index contributed by atoms with van der Waals surface area (Å²) in [4.78, 5) is 25.4. The van der Waals surface area contributed by atoms with E-state index in [1.807, 2.05) is 37.3 Å². The molecule has 0 aliphatic carbocycles. The normalized spacial score (nSPS) is 17.9. The van der Waals surface area contributed by atoms with E-state index in [2.05, 4.69) is 5.32 Å². The Bertz CT molecular complexity index is 478. The van der Waals surface area contributed by atoms with E-state index in [0.717, 1.165) is 18.5 Å². The fraction of sp³-hybridized carbons (Fsp3) is 0.467. The molecule has 1 heterocycles. The minimum atomic E-state index is -0.701. The Morgan fingerprint density at radius 1 is 1.40 bits per heavy atom. The highest BCUT2D eigenvalue weighted by molar-refractivity contribution is 6.30. The van der Waals surface area contributed by atoms with Gasteiger partial charge in [0.2, 0.25) is 11.8 Å². The number of rotatable bonds is 5. The van der Waals surface area contributed by atoms with Crippen molar-refractivity contribution < 1.29 is 9.59 Å². The van der Waals surface area contributed by atoms with Crippen LogP contribution in [0.1, 0.15) is 30.7 Å².